The lowest BCUT2D eigenvalue weighted by Gasteiger charge is -2.32. The Balaban J connectivity index is 1.36. The molecule has 26 heavy (non-hydrogen) atoms. The molecule has 1 aliphatic carbocycles. The van der Waals surface area contributed by atoms with E-state index in [-0.39, 0.29) is 0 Å². The van der Waals surface area contributed by atoms with Crippen LogP contribution in [0.15, 0.2) is 9.41 Å². The molecule has 0 spiro atoms. The summed E-state index contributed by atoms with van der Waals surface area (Å²) in [5.74, 6) is 3.49. The van der Waals surface area contributed by atoms with Gasteiger partial charge in [0.25, 0.3) is 0 Å². The standard InChI is InChI=1S/C20H35N5O/c1-15-16(2)26-19(23-15)14-25-11-9-17(10-12-25)13-22-20(21-3)24-18-7-5-4-6-8-18/h17-18H,4-14H2,1-3H3,(H2,21,22,24). The summed E-state index contributed by atoms with van der Waals surface area (Å²) in [6.45, 7) is 8.06. The second-order valence-electron chi connectivity index (χ2n) is 7.90. The molecule has 1 aromatic heterocycles. The number of aromatic nitrogens is 1. The van der Waals surface area contributed by atoms with Crippen LogP contribution in [0, 0.1) is 19.8 Å². The molecule has 3 rings (SSSR count). The van der Waals surface area contributed by atoms with Gasteiger partial charge in [-0.2, -0.15) is 0 Å². The molecule has 146 valence electrons. The monoisotopic (exact) mass is 361 g/mol. The maximum atomic E-state index is 5.72. The van der Waals surface area contributed by atoms with Gasteiger partial charge in [0, 0.05) is 19.6 Å². The minimum absolute atomic E-state index is 0.601. The number of oxazole rings is 1. The van der Waals surface area contributed by atoms with Crippen molar-refractivity contribution in [3.8, 4) is 0 Å². The summed E-state index contributed by atoms with van der Waals surface area (Å²) in [5, 5.41) is 7.15. The Hall–Kier alpha value is -1.56. The Morgan fingerprint density at radius 2 is 1.88 bits per heavy atom. The van der Waals surface area contributed by atoms with Crippen LogP contribution in [0.25, 0.3) is 0 Å². The molecule has 0 radical (unpaired) electrons. The first kappa shape index (κ1) is 19.2. The van der Waals surface area contributed by atoms with E-state index in [9.17, 15) is 0 Å². The molecule has 0 bridgehead atoms. The predicted octanol–water partition coefficient (Wildman–Crippen LogP) is 3.00. The van der Waals surface area contributed by atoms with Crippen LogP contribution in [0.4, 0.5) is 0 Å². The average Bonchev–Trinajstić information content (AvgIpc) is 2.98. The zero-order chi connectivity index (χ0) is 18.4. The summed E-state index contributed by atoms with van der Waals surface area (Å²) in [4.78, 5) is 11.4. The van der Waals surface area contributed by atoms with E-state index in [0.29, 0.717) is 12.0 Å². The van der Waals surface area contributed by atoms with Crippen LogP contribution >= 0.6 is 0 Å². The van der Waals surface area contributed by atoms with Crippen molar-refractivity contribution < 1.29 is 4.42 Å². The third-order valence-corrected chi connectivity index (χ3v) is 5.87. The highest BCUT2D eigenvalue weighted by Gasteiger charge is 2.21. The summed E-state index contributed by atoms with van der Waals surface area (Å²) in [6.07, 6.45) is 9.05. The van der Waals surface area contributed by atoms with Gasteiger partial charge in [-0.25, -0.2) is 4.98 Å². The minimum Gasteiger partial charge on any atom is -0.444 e. The van der Waals surface area contributed by atoms with Crippen molar-refractivity contribution in [1.29, 1.82) is 0 Å². The van der Waals surface area contributed by atoms with Crippen molar-refractivity contribution in [3.63, 3.8) is 0 Å². The van der Waals surface area contributed by atoms with Crippen LogP contribution in [-0.4, -0.2) is 48.6 Å². The van der Waals surface area contributed by atoms with Gasteiger partial charge in [0.2, 0.25) is 5.89 Å². The lowest BCUT2D eigenvalue weighted by atomic mass is 9.95. The number of guanidine groups is 1. The fraction of sp³-hybridized carbons (Fsp3) is 0.800. The lowest BCUT2D eigenvalue weighted by molar-refractivity contribution is 0.164. The van der Waals surface area contributed by atoms with E-state index < -0.39 is 0 Å². The molecule has 2 fully saturated rings. The Bertz CT molecular complexity index is 564. The van der Waals surface area contributed by atoms with Crippen molar-refractivity contribution in [1.82, 2.24) is 20.5 Å². The van der Waals surface area contributed by atoms with Crippen molar-refractivity contribution in [2.24, 2.45) is 10.9 Å². The van der Waals surface area contributed by atoms with E-state index in [4.69, 9.17) is 4.42 Å². The SMILES string of the molecule is CN=C(NCC1CCN(Cc2nc(C)c(C)o2)CC1)NC1CCCCC1. The highest BCUT2D eigenvalue weighted by molar-refractivity contribution is 5.79. The third-order valence-electron chi connectivity index (χ3n) is 5.87. The predicted molar refractivity (Wildman–Crippen MR) is 105 cm³/mol. The number of hydrogen-bond donors (Lipinski definition) is 2. The molecule has 2 aliphatic rings. The molecule has 1 aromatic rings. The van der Waals surface area contributed by atoms with Gasteiger partial charge in [-0.3, -0.25) is 9.89 Å². The molecule has 0 aromatic carbocycles. The van der Waals surface area contributed by atoms with Gasteiger partial charge in [-0.15, -0.1) is 0 Å². The molecule has 6 nitrogen and oxygen atoms in total. The topological polar surface area (TPSA) is 65.7 Å². The molecule has 0 amide bonds. The largest absolute Gasteiger partial charge is 0.444 e. The molecule has 2 heterocycles. The Morgan fingerprint density at radius 3 is 2.50 bits per heavy atom. The summed E-state index contributed by atoms with van der Waals surface area (Å²) >= 11 is 0. The number of nitrogens with zero attached hydrogens (tertiary/aromatic N) is 3. The molecule has 0 atom stereocenters. The van der Waals surface area contributed by atoms with Crippen LogP contribution in [0.5, 0.6) is 0 Å². The van der Waals surface area contributed by atoms with E-state index in [2.05, 4.69) is 25.5 Å². The van der Waals surface area contributed by atoms with Crippen LogP contribution in [0.3, 0.4) is 0 Å². The summed E-state index contributed by atoms with van der Waals surface area (Å²) in [5.41, 5.74) is 1.01. The van der Waals surface area contributed by atoms with Gasteiger partial charge in [-0.1, -0.05) is 19.3 Å². The van der Waals surface area contributed by atoms with Crippen molar-refractivity contribution in [2.75, 3.05) is 26.7 Å². The fourth-order valence-electron chi connectivity index (χ4n) is 4.02. The average molecular weight is 362 g/mol. The zero-order valence-corrected chi connectivity index (χ0v) is 16.7. The third kappa shape index (κ3) is 5.47. The van der Waals surface area contributed by atoms with E-state index in [0.717, 1.165) is 49.5 Å². The quantitative estimate of drug-likeness (QED) is 0.623. The number of piperidine rings is 1. The second-order valence-corrected chi connectivity index (χ2v) is 7.90. The maximum Gasteiger partial charge on any atom is 0.208 e. The first-order chi connectivity index (χ1) is 12.6. The Labute approximate surface area is 157 Å². The van der Waals surface area contributed by atoms with Gasteiger partial charge in [-0.05, 0) is 58.5 Å². The molecular weight excluding hydrogens is 326 g/mol. The van der Waals surface area contributed by atoms with E-state index in [1.54, 1.807) is 0 Å². The normalized spacial score (nSPS) is 21.1. The lowest BCUT2D eigenvalue weighted by Crippen LogP contribution is -2.46. The number of aliphatic imine (C=N–C) groups is 1. The summed E-state index contributed by atoms with van der Waals surface area (Å²) in [7, 11) is 1.88. The molecule has 1 saturated heterocycles. The van der Waals surface area contributed by atoms with Gasteiger partial charge >= 0.3 is 0 Å². The van der Waals surface area contributed by atoms with Crippen molar-refractivity contribution in [2.45, 2.75) is 71.4 Å². The molecule has 2 N–H and O–H groups in total. The Morgan fingerprint density at radius 1 is 1.15 bits per heavy atom. The van der Waals surface area contributed by atoms with E-state index >= 15 is 0 Å². The minimum atomic E-state index is 0.601. The van der Waals surface area contributed by atoms with E-state index in [1.807, 2.05) is 20.9 Å². The van der Waals surface area contributed by atoms with Gasteiger partial charge in [0.1, 0.15) is 5.76 Å². The van der Waals surface area contributed by atoms with Crippen molar-refractivity contribution in [3.05, 3.63) is 17.3 Å². The number of nitrogens with one attached hydrogen (secondary N) is 2. The van der Waals surface area contributed by atoms with Crippen molar-refractivity contribution >= 4 is 5.96 Å². The molecule has 1 aliphatic heterocycles. The number of hydrogen-bond acceptors (Lipinski definition) is 4. The molecule has 6 heteroatoms. The van der Waals surface area contributed by atoms with Crippen LogP contribution in [0.2, 0.25) is 0 Å². The molecule has 1 saturated carbocycles. The summed E-state index contributed by atoms with van der Waals surface area (Å²) in [6, 6.07) is 0.601. The van der Waals surface area contributed by atoms with E-state index in [1.165, 1.54) is 44.9 Å². The van der Waals surface area contributed by atoms with Gasteiger partial charge < -0.3 is 15.1 Å². The van der Waals surface area contributed by atoms with Gasteiger partial charge in [0.15, 0.2) is 5.96 Å². The van der Waals surface area contributed by atoms with Gasteiger partial charge in [0.05, 0.1) is 12.2 Å². The second kappa shape index (κ2) is 9.40. The number of likely N-dealkylation sites (tertiary alicyclic amines) is 1. The number of rotatable bonds is 5. The maximum absolute atomic E-state index is 5.72. The molecular formula is C20H35N5O. The molecule has 0 unspecified atom stereocenters. The van der Waals surface area contributed by atoms with Crippen LogP contribution < -0.4 is 10.6 Å². The first-order valence-corrected chi connectivity index (χ1v) is 10.3. The Kier molecular flexibility index (Phi) is 6.94. The first-order valence-electron chi connectivity index (χ1n) is 10.3. The highest BCUT2D eigenvalue weighted by atomic mass is 16.4. The van der Waals surface area contributed by atoms with Crippen LogP contribution in [0.1, 0.15) is 62.3 Å². The smallest absolute Gasteiger partial charge is 0.208 e. The number of aryl methyl sites for hydroxylation is 2. The van der Waals surface area contributed by atoms with Crippen LogP contribution in [-0.2, 0) is 6.54 Å². The highest BCUT2D eigenvalue weighted by Crippen LogP contribution is 2.20. The zero-order valence-electron chi connectivity index (χ0n) is 16.7. The summed E-state index contributed by atoms with van der Waals surface area (Å²) < 4.78 is 5.72. The fourth-order valence-corrected chi connectivity index (χ4v) is 4.02.